The van der Waals surface area contributed by atoms with E-state index in [4.69, 9.17) is 33.8 Å². The van der Waals surface area contributed by atoms with Crippen molar-refractivity contribution in [3.63, 3.8) is 0 Å². The van der Waals surface area contributed by atoms with Crippen molar-refractivity contribution >= 4 is 16.5 Å². The quantitative estimate of drug-likeness (QED) is 0.294. The third-order valence-corrected chi connectivity index (χ3v) is 0.129. The van der Waals surface area contributed by atoms with Crippen LogP contribution in [-0.4, -0.2) is 31.3 Å². The summed E-state index contributed by atoms with van der Waals surface area (Å²) in [6, 6.07) is 0. The van der Waals surface area contributed by atoms with Crippen molar-refractivity contribution in [1.82, 2.24) is 0 Å². The van der Waals surface area contributed by atoms with Gasteiger partial charge >= 0.3 is 16.5 Å². The summed E-state index contributed by atoms with van der Waals surface area (Å²) in [7, 11) is -5.74. The summed E-state index contributed by atoms with van der Waals surface area (Å²) in [4.78, 5) is 28.5. The number of rotatable bonds is 1. The molecule has 0 saturated carbocycles. The van der Waals surface area contributed by atoms with E-state index in [-0.39, 0.29) is 6.61 Å². The lowest BCUT2D eigenvalue weighted by Gasteiger charge is -1.60. The molecule has 0 atom stereocenters. The second-order valence-corrected chi connectivity index (χ2v) is 1.99. The molecule has 0 spiro atoms. The SMILES string of the molecule is C=CCO.O=[P+](O)O.O=[P+](O)O. The van der Waals surface area contributed by atoms with E-state index in [1.54, 1.807) is 0 Å². The summed E-state index contributed by atoms with van der Waals surface area (Å²) in [5.74, 6) is 0. The Bertz CT molecular complexity index is 115. The maximum Gasteiger partial charge on any atom is 0.692 e. The first-order chi connectivity index (χ1) is 5.38. The summed E-state index contributed by atoms with van der Waals surface area (Å²) in [6.45, 7) is 3.31. The van der Waals surface area contributed by atoms with Gasteiger partial charge < -0.3 is 5.11 Å². The van der Waals surface area contributed by atoms with E-state index in [9.17, 15) is 0 Å². The van der Waals surface area contributed by atoms with E-state index in [1.807, 2.05) is 0 Å². The average Bonchev–Trinajstić information content (AvgIpc) is 1.85. The third kappa shape index (κ3) is 1360. The lowest BCUT2D eigenvalue weighted by atomic mass is 10.7. The Balaban J connectivity index is -0.000000101. The molecular formula is C3H10O7P2+2. The lowest BCUT2D eigenvalue weighted by Crippen LogP contribution is -1.62. The molecule has 0 saturated heterocycles. The fraction of sp³-hybridized carbons (Fsp3) is 0.333. The molecule has 0 fully saturated rings. The van der Waals surface area contributed by atoms with E-state index in [0.717, 1.165) is 0 Å². The van der Waals surface area contributed by atoms with Gasteiger partial charge in [-0.3, -0.25) is 0 Å². The van der Waals surface area contributed by atoms with Gasteiger partial charge in [-0.05, 0) is 0 Å². The van der Waals surface area contributed by atoms with Crippen LogP contribution in [0.3, 0.4) is 0 Å². The second kappa shape index (κ2) is 17.0. The van der Waals surface area contributed by atoms with Crippen LogP contribution in [0.4, 0.5) is 0 Å². The fourth-order valence-electron chi connectivity index (χ4n) is 0. The molecule has 0 radical (unpaired) electrons. The van der Waals surface area contributed by atoms with Crippen LogP contribution in [0.15, 0.2) is 12.7 Å². The molecule has 0 aliphatic carbocycles. The van der Waals surface area contributed by atoms with Gasteiger partial charge in [0.1, 0.15) is 0 Å². The molecule has 7 nitrogen and oxygen atoms in total. The van der Waals surface area contributed by atoms with E-state index < -0.39 is 16.5 Å². The van der Waals surface area contributed by atoms with Crippen molar-refractivity contribution in [3.8, 4) is 0 Å². The summed E-state index contributed by atoms with van der Waals surface area (Å²) in [6.07, 6.45) is 1.43. The average molecular weight is 220 g/mol. The minimum Gasteiger partial charge on any atom is -0.392 e. The Labute approximate surface area is 70.5 Å². The molecule has 0 aliphatic heterocycles. The first kappa shape index (κ1) is 17.7. The Morgan fingerprint density at radius 3 is 1.17 bits per heavy atom. The van der Waals surface area contributed by atoms with Gasteiger partial charge in [0.25, 0.3) is 0 Å². The summed E-state index contributed by atoms with van der Waals surface area (Å²) in [5.41, 5.74) is 0. The van der Waals surface area contributed by atoms with Gasteiger partial charge in [-0.15, -0.1) is 26.2 Å². The van der Waals surface area contributed by atoms with Gasteiger partial charge in [0.15, 0.2) is 0 Å². The smallest absolute Gasteiger partial charge is 0.392 e. The molecule has 0 aromatic carbocycles. The molecule has 0 amide bonds. The zero-order valence-electron chi connectivity index (χ0n) is 5.94. The van der Waals surface area contributed by atoms with Gasteiger partial charge in [-0.25, -0.2) is 0 Å². The van der Waals surface area contributed by atoms with Crippen molar-refractivity contribution in [2.24, 2.45) is 0 Å². The molecule has 0 unspecified atom stereocenters. The standard InChI is InChI=1S/C3H6O.2HO3P/c1-2-3-4;2*1-4(2)3/h2,4H,1,3H2;2*(H-,1,2,3)/p+2. The zero-order chi connectivity index (χ0) is 10.6. The molecule has 72 valence electrons. The zero-order valence-corrected chi connectivity index (χ0v) is 7.73. The van der Waals surface area contributed by atoms with Crippen LogP contribution in [0.2, 0.25) is 0 Å². The highest BCUT2D eigenvalue weighted by Gasteiger charge is 1.93. The molecule has 9 heteroatoms. The molecule has 0 rings (SSSR count). The monoisotopic (exact) mass is 220 g/mol. The first-order valence-corrected chi connectivity index (χ1v) is 4.63. The van der Waals surface area contributed by atoms with Crippen LogP contribution >= 0.6 is 16.5 Å². The minimum absolute atomic E-state index is 0.0833. The Morgan fingerprint density at radius 1 is 1.08 bits per heavy atom. The van der Waals surface area contributed by atoms with E-state index in [0.29, 0.717) is 0 Å². The fourth-order valence-corrected chi connectivity index (χ4v) is 0. The van der Waals surface area contributed by atoms with Gasteiger partial charge in [-0.1, -0.05) is 6.08 Å². The van der Waals surface area contributed by atoms with Crippen LogP contribution in [0.5, 0.6) is 0 Å². The van der Waals surface area contributed by atoms with Crippen LogP contribution in [0.1, 0.15) is 0 Å². The van der Waals surface area contributed by atoms with Gasteiger partial charge in [-0.2, -0.15) is 0 Å². The molecule has 0 aromatic heterocycles. The maximum atomic E-state index is 8.70. The summed E-state index contributed by atoms with van der Waals surface area (Å²) < 4.78 is 17.4. The van der Waals surface area contributed by atoms with Crippen molar-refractivity contribution in [3.05, 3.63) is 12.7 Å². The minimum atomic E-state index is -2.87. The Kier molecular flexibility index (Phi) is 25.1. The van der Waals surface area contributed by atoms with Crippen molar-refractivity contribution in [2.45, 2.75) is 0 Å². The van der Waals surface area contributed by atoms with Crippen LogP contribution in [0.25, 0.3) is 0 Å². The largest absolute Gasteiger partial charge is 0.692 e. The summed E-state index contributed by atoms with van der Waals surface area (Å²) >= 11 is 0. The topological polar surface area (TPSA) is 135 Å². The Hall–Kier alpha value is -0.260. The molecule has 0 heterocycles. The molecule has 0 aromatic rings. The lowest BCUT2D eigenvalue weighted by molar-refractivity contribution is 0.343. The predicted molar refractivity (Wildman–Crippen MR) is 41.4 cm³/mol. The maximum absolute atomic E-state index is 8.70. The molecule has 12 heavy (non-hydrogen) atoms. The van der Waals surface area contributed by atoms with Crippen molar-refractivity contribution in [2.75, 3.05) is 6.61 Å². The van der Waals surface area contributed by atoms with Crippen LogP contribution in [0, 0.1) is 0 Å². The van der Waals surface area contributed by atoms with Crippen molar-refractivity contribution < 1.29 is 33.8 Å². The third-order valence-electron chi connectivity index (χ3n) is 0.129. The number of aliphatic hydroxyl groups is 1. The normalized spacial score (nSPS) is 6.42. The molecule has 0 bridgehead atoms. The van der Waals surface area contributed by atoms with Crippen LogP contribution in [-0.2, 0) is 9.13 Å². The molecule has 5 N–H and O–H groups in total. The Morgan fingerprint density at radius 2 is 1.17 bits per heavy atom. The molecule has 0 aliphatic rings. The van der Waals surface area contributed by atoms with Crippen LogP contribution < -0.4 is 0 Å². The highest BCUT2D eigenvalue weighted by atomic mass is 31.1. The number of hydrogen-bond acceptors (Lipinski definition) is 3. The highest BCUT2D eigenvalue weighted by Crippen LogP contribution is 1.98. The highest BCUT2D eigenvalue weighted by molar-refractivity contribution is 7.31. The summed E-state index contributed by atoms with van der Waals surface area (Å²) in [5, 5.41) is 7.76. The molecular weight excluding hydrogens is 210 g/mol. The number of hydrogen-bond donors (Lipinski definition) is 5. The van der Waals surface area contributed by atoms with E-state index in [2.05, 4.69) is 6.58 Å². The predicted octanol–water partition coefficient (Wildman–Crippen LogP) is -0.579. The van der Waals surface area contributed by atoms with Gasteiger partial charge in [0.2, 0.25) is 0 Å². The second-order valence-electron chi connectivity index (χ2n) is 0.977. The number of aliphatic hydroxyl groups excluding tert-OH is 1. The first-order valence-electron chi connectivity index (χ1n) is 2.30. The van der Waals surface area contributed by atoms with Gasteiger partial charge in [0.05, 0.1) is 6.61 Å². The van der Waals surface area contributed by atoms with Gasteiger partial charge in [0, 0.05) is 9.13 Å². The van der Waals surface area contributed by atoms with Crippen molar-refractivity contribution in [1.29, 1.82) is 0 Å². The van der Waals surface area contributed by atoms with E-state index in [1.165, 1.54) is 6.08 Å². The van der Waals surface area contributed by atoms with E-state index >= 15 is 0 Å².